The summed E-state index contributed by atoms with van der Waals surface area (Å²) < 4.78 is 0. The molecule has 0 aliphatic carbocycles. The summed E-state index contributed by atoms with van der Waals surface area (Å²) in [5, 5.41) is 18.0. The Morgan fingerprint density at radius 3 is 1.54 bits per heavy atom. The molecule has 0 aromatic carbocycles. The van der Waals surface area contributed by atoms with Crippen LogP contribution in [0.15, 0.2) is 0 Å². The van der Waals surface area contributed by atoms with Crippen LogP contribution in [0.4, 0.5) is 0 Å². The number of aliphatic hydroxyl groups excluding tert-OH is 2. The maximum atomic E-state index is 8.73. The van der Waals surface area contributed by atoms with Crippen molar-refractivity contribution < 1.29 is 10.2 Å². The predicted molar refractivity (Wildman–Crippen MR) is 56.7 cm³/mol. The molecule has 0 bridgehead atoms. The molecule has 2 unspecified atom stereocenters. The number of hydrogen-bond donors (Lipinski definition) is 4. The molecule has 80 valence electrons. The predicted octanol–water partition coefficient (Wildman–Crippen LogP) is -0.861. The highest BCUT2D eigenvalue weighted by atomic mass is 32.2. The SMILES string of the molecule is NCC(CCO)SC(CN)CCO. The van der Waals surface area contributed by atoms with Crippen LogP contribution < -0.4 is 11.5 Å². The van der Waals surface area contributed by atoms with Gasteiger partial charge in [0.1, 0.15) is 0 Å². The monoisotopic (exact) mass is 208 g/mol. The fraction of sp³-hybridized carbons (Fsp3) is 1.00. The summed E-state index contributed by atoms with van der Waals surface area (Å²) in [6, 6.07) is 0. The van der Waals surface area contributed by atoms with Crippen LogP contribution in [-0.4, -0.2) is 47.0 Å². The molecule has 0 aromatic rings. The minimum absolute atomic E-state index is 0.158. The summed E-state index contributed by atoms with van der Waals surface area (Å²) in [6.07, 6.45) is 1.40. The van der Waals surface area contributed by atoms with E-state index in [2.05, 4.69) is 0 Å². The van der Waals surface area contributed by atoms with Crippen molar-refractivity contribution in [2.24, 2.45) is 11.5 Å². The van der Waals surface area contributed by atoms with Crippen molar-refractivity contribution in [3.63, 3.8) is 0 Å². The van der Waals surface area contributed by atoms with Crippen LogP contribution in [0.25, 0.3) is 0 Å². The molecule has 0 rings (SSSR count). The molecule has 4 nitrogen and oxygen atoms in total. The van der Waals surface area contributed by atoms with E-state index in [1.807, 2.05) is 0 Å². The van der Waals surface area contributed by atoms with Gasteiger partial charge in [-0.05, 0) is 12.8 Å². The van der Waals surface area contributed by atoms with E-state index in [-0.39, 0.29) is 23.7 Å². The average Bonchev–Trinajstić information content (AvgIpc) is 2.16. The van der Waals surface area contributed by atoms with Gasteiger partial charge in [0.05, 0.1) is 0 Å². The van der Waals surface area contributed by atoms with Crippen LogP contribution >= 0.6 is 11.8 Å². The van der Waals surface area contributed by atoms with Gasteiger partial charge in [-0.1, -0.05) is 0 Å². The number of hydrogen-bond acceptors (Lipinski definition) is 5. The van der Waals surface area contributed by atoms with E-state index in [4.69, 9.17) is 21.7 Å². The Morgan fingerprint density at radius 2 is 1.31 bits per heavy atom. The van der Waals surface area contributed by atoms with Gasteiger partial charge in [-0.15, -0.1) is 0 Å². The van der Waals surface area contributed by atoms with Gasteiger partial charge in [-0.2, -0.15) is 11.8 Å². The third-order valence-electron chi connectivity index (χ3n) is 1.81. The quantitative estimate of drug-likeness (QED) is 0.416. The highest BCUT2D eigenvalue weighted by Crippen LogP contribution is 2.21. The summed E-state index contributed by atoms with van der Waals surface area (Å²) in [5.74, 6) is 0. The van der Waals surface area contributed by atoms with Gasteiger partial charge in [0.25, 0.3) is 0 Å². The first-order valence-electron chi connectivity index (χ1n) is 4.55. The van der Waals surface area contributed by atoms with Crippen molar-refractivity contribution in [2.75, 3.05) is 26.3 Å². The van der Waals surface area contributed by atoms with Crippen molar-refractivity contribution >= 4 is 11.8 Å². The van der Waals surface area contributed by atoms with E-state index in [1.165, 1.54) is 0 Å². The van der Waals surface area contributed by atoms with Gasteiger partial charge in [0, 0.05) is 36.8 Å². The number of aliphatic hydroxyl groups is 2. The van der Waals surface area contributed by atoms with Gasteiger partial charge >= 0.3 is 0 Å². The maximum absolute atomic E-state index is 8.73. The smallest absolute Gasteiger partial charge is 0.0442 e. The molecule has 0 aliphatic heterocycles. The van der Waals surface area contributed by atoms with E-state index in [0.717, 1.165) is 0 Å². The lowest BCUT2D eigenvalue weighted by Crippen LogP contribution is -2.26. The van der Waals surface area contributed by atoms with Crippen LogP contribution in [0.3, 0.4) is 0 Å². The van der Waals surface area contributed by atoms with E-state index < -0.39 is 0 Å². The van der Waals surface area contributed by atoms with Crippen LogP contribution in [-0.2, 0) is 0 Å². The Kier molecular flexibility index (Phi) is 8.90. The highest BCUT2D eigenvalue weighted by Gasteiger charge is 2.13. The first-order chi connectivity index (χ1) is 6.28. The molecule has 0 aliphatic rings. The molecule has 5 heteroatoms. The molecule has 2 atom stereocenters. The van der Waals surface area contributed by atoms with Crippen molar-refractivity contribution in [1.29, 1.82) is 0 Å². The normalized spacial score (nSPS) is 15.7. The van der Waals surface area contributed by atoms with Crippen LogP contribution in [0.2, 0.25) is 0 Å². The van der Waals surface area contributed by atoms with Crippen LogP contribution in [0, 0.1) is 0 Å². The minimum atomic E-state index is 0.158. The zero-order valence-electron chi connectivity index (χ0n) is 7.85. The summed E-state index contributed by atoms with van der Waals surface area (Å²) in [5.41, 5.74) is 11.0. The van der Waals surface area contributed by atoms with Gasteiger partial charge in [0.2, 0.25) is 0 Å². The third-order valence-corrected chi connectivity index (χ3v) is 3.44. The van der Waals surface area contributed by atoms with E-state index in [0.29, 0.717) is 25.9 Å². The molecule has 0 aromatic heterocycles. The van der Waals surface area contributed by atoms with Crippen molar-refractivity contribution in [1.82, 2.24) is 0 Å². The summed E-state index contributed by atoms with van der Waals surface area (Å²) in [6.45, 7) is 1.41. The lowest BCUT2D eigenvalue weighted by molar-refractivity contribution is 0.284. The number of rotatable bonds is 8. The molecule has 0 radical (unpaired) electrons. The minimum Gasteiger partial charge on any atom is -0.396 e. The number of nitrogens with two attached hydrogens (primary N) is 2. The second-order valence-electron chi connectivity index (χ2n) is 2.88. The zero-order valence-corrected chi connectivity index (χ0v) is 8.67. The second-order valence-corrected chi connectivity index (χ2v) is 4.48. The summed E-state index contributed by atoms with van der Waals surface area (Å²) in [4.78, 5) is 0. The van der Waals surface area contributed by atoms with Gasteiger partial charge in [-0.3, -0.25) is 0 Å². The topological polar surface area (TPSA) is 92.5 Å². The zero-order chi connectivity index (χ0) is 10.1. The van der Waals surface area contributed by atoms with E-state index in [9.17, 15) is 0 Å². The Balaban J connectivity index is 3.73. The molecular weight excluding hydrogens is 188 g/mol. The third kappa shape index (κ3) is 6.29. The van der Waals surface area contributed by atoms with Gasteiger partial charge < -0.3 is 21.7 Å². The standard InChI is InChI=1S/C8H20N2O2S/c9-5-7(1-3-11)13-8(6-10)2-4-12/h7-8,11-12H,1-6,9-10H2. The van der Waals surface area contributed by atoms with Gasteiger partial charge in [0.15, 0.2) is 0 Å². The molecular formula is C8H20N2O2S. The van der Waals surface area contributed by atoms with E-state index >= 15 is 0 Å². The Labute approximate surface area is 83.7 Å². The van der Waals surface area contributed by atoms with Crippen molar-refractivity contribution in [2.45, 2.75) is 23.3 Å². The van der Waals surface area contributed by atoms with Crippen molar-refractivity contribution in [3.05, 3.63) is 0 Å². The fourth-order valence-corrected chi connectivity index (χ4v) is 2.29. The molecule has 6 N–H and O–H groups in total. The van der Waals surface area contributed by atoms with Crippen LogP contribution in [0.5, 0.6) is 0 Å². The molecule has 0 heterocycles. The highest BCUT2D eigenvalue weighted by molar-refractivity contribution is 8.00. The number of thioether (sulfide) groups is 1. The first kappa shape index (κ1) is 13.2. The Morgan fingerprint density at radius 1 is 0.923 bits per heavy atom. The maximum Gasteiger partial charge on any atom is 0.0442 e. The van der Waals surface area contributed by atoms with E-state index in [1.54, 1.807) is 11.8 Å². The molecule has 0 amide bonds. The summed E-state index contributed by atoms with van der Waals surface area (Å²) in [7, 11) is 0. The molecule has 0 fully saturated rings. The fourth-order valence-electron chi connectivity index (χ4n) is 1.04. The van der Waals surface area contributed by atoms with Crippen LogP contribution in [0.1, 0.15) is 12.8 Å². The lowest BCUT2D eigenvalue weighted by Gasteiger charge is -2.19. The molecule has 0 spiro atoms. The average molecular weight is 208 g/mol. The Bertz CT molecular complexity index is 104. The first-order valence-corrected chi connectivity index (χ1v) is 5.50. The molecule has 0 saturated heterocycles. The largest absolute Gasteiger partial charge is 0.396 e. The molecule has 0 saturated carbocycles. The van der Waals surface area contributed by atoms with Crippen molar-refractivity contribution in [3.8, 4) is 0 Å². The van der Waals surface area contributed by atoms with Gasteiger partial charge in [-0.25, -0.2) is 0 Å². The lowest BCUT2D eigenvalue weighted by atomic mass is 10.3. The Hall–Kier alpha value is 0.190. The molecule has 13 heavy (non-hydrogen) atoms. The summed E-state index contributed by atoms with van der Waals surface area (Å²) >= 11 is 1.67. The second kappa shape index (κ2) is 8.77.